The van der Waals surface area contributed by atoms with E-state index in [-0.39, 0.29) is 6.04 Å². The zero-order chi connectivity index (χ0) is 10.5. The molecule has 2 heterocycles. The summed E-state index contributed by atoms with van der Waals surface area (Å²) in [6, 6.07) is 7.94. The van der Waals surface area contributed by atoms with Crippen LogP contribution in [-0.4, -0.2) is 35.7 Å². The van der Waals surface area contributed by atoms with Crippen LogP contribution in [0.4, 0.5) is 0 Å². The standard InChI is InChI=1S/C11H13N3O/c12-7-11-9-15-6-5-14(11)8-10-3-1-2-4-13-10/h1-4,11H,5-6,8-9H2. The van der Waals surface area contributed by atoms with Gasteiger partial charge in [0.25, 0.3) is 0 Å². The van der Waals surface area contributed by atoms with E-state index in [1.54, 1.807) is 6.20 Å². The van der Waals surface area contributed by atoms with Gasteiger partial charge in [-0.2, -0.15) is 5.26 Å². The Morgan fingerprint density at radius 3 is 3.27 bits per heavy atom. The van der Waals surface area contributed by atoms with Gasteiger partial charge in [-0.15, -0.1) is 0 Å². The molecule has 0 spiro atoms. The topological polar surface area (TPSA) is 49.1 Å². The van der Waals surface area contributed by atoms with E-state index in [1.165, 1.54) is 0 Å². The van der Waals surface area contributed by atoms with Crippen molar-refractivity contribution in [1.29, 1.82) is 5.26 Å². The molecule has 0 N–H and O–H groups in total. The molecule has 0 radical (unpaired) electrons. The zero-order valence-corrected chi connectivity index (χ0v) is 8.47. The number of rotatable bonds is 2. The number of ether oxygens (including phenoxy) is 1. The van der Waals surface area contributed by atoms with Gasteiger partial charge in [0, 0.05) is 19.3 Å². The van der Waals surface area contributed by atoms with Crippen LogP contribution in [0.1, 0.15) is 5.69 Å². The molecule has 0 bridgehead atoms. The molecule has 4 nitrogen and oxygen atoms in total. The monoisotopic (exact) mass is 203 g/mol. The molecule has 1 saturated heterocycles. The van der Waals surface area contributed by atoms with Crippen LogP contribution >= 0.6 is 0 Å². The lowest BCUT2D eigenvalue weighted by atomic mass is 10.2. The number of pyridine rings is 1. The van der Waals surface area contributed by atoms with Crippen LogP contribution in [0, 0.1) is 11.3 Å². The van der Waals surface area contributed by atoms with E-state index in [0.29, 0.717) is 13.2 Å². The van der Waals surface area contributed by atoms with Crippen LogP contribution in [-0.2, 0) is 11.3 Å². The van der Waals surface area contributed by atoms with Gasteiger partial charge < -0.3 is 4.74 Å². The first-order chi connectivity index (χ1) is 7.40. The number of hydrogen-bond donors (Lipinski definition) is 0. The number of hydrogen-bond acceptors (Lipinski definition) is 4. The average molecular weight is 203 g/mol. The summed E-state index contributed by atoms with van der Waals surface area (Å²) in [4.78, 5) is 6.35. The second-order valence-corrected chi connectivity index (χ2v) is 3.51. The number of morpholine rings is 1. The quantitative estimate of drug-likeness (QED) is 0.713. The molecule has 1 atom stereocenters. The van der Waals surface area contributed by atoms with Crippen molar-refractivity contribution < 1.29 is 4.74 Å². The molecule has 1 unspecified atom stereocenters. The molecule has 1 fully saturated rings. The molecule has 0 aromatic carbocycles. The molecule has 0 aliphatic carbocycles. The van der Waals surface area contributed by atoms with Crippen molar-refractivity contribution >= 4 is 0 Å². The van der Waals surface area contributed by atoms with Gasteiger partial charge in [-0.05, 0) is 12.1 Å². The van der Waals surface area contributed by atoms with Crippen molar-refractivity contribution in [2.45, 2.75) is 12.6 Å². The Labute approximate surface area is 89.1 Å². The smallest absolute Gasteiger partial charge is 0.122 e. The highest BCUT2D eigenvalue weighted by Crippen LogP contribution is 2.09. The normalized spacial score (nSPS) is 22.2. The van der Waals surface area contributed by atoms with E-state index in [9.17, 15) is 0 Å². The SMILES string of the molecule is N#CC1COCCN1Cc1ccccn1. The molecule has 4 heteroatoms. The van der Waals surface area contributed by atoms with Gasteiger partial charge >= 0.3 is 0 Å². The van der Waals surface area contributed by atoms with Crippen molar-refractivity contribution in [2.75, 3.05) is 19.8 Å². The minimum Gasteiger partial charge on any atom is -0.377 e. The summed E-state index contributed by atoms with van der Waals surface area (Å²) >= 11 is 0. The second kappa shape index (κ2) is 4.87. The Hall–Kier alpha value is -1.44. The van der Waals surface area contributed by atoms with Gasteiger partial charge in [-0.3, -0.25) is 9.88 Å². The van der Waals surface area contributed by atoms with Crippen molar-refractivity contribution in [3.8, 4) is 6.07 Å². The molecule has 0 saturated carbocycles. The molecular formula is C11H13N3O. The lowest BCUT2D eigenvalue weighted by Gasteiger charge is -2.30. The maximum atomic E-state index is 8.95. The highest BCUT2D eigenvalue weighted by Gasteiger charge is 2.22. The van der Waals surface area contributed by atoms with E-state index >= 15 is 0 Å². The van der Waals surface area contributed by atoms with E-state index < -0.39 is 0 Å². The van der Waals surface area contributed by atoms with Crippen LogP contribution in [0.2, 0.25) is 0 Å². The molecule has 1 aliphatic heterocycles. The van der Waals surface area contributed by atoms with Gasteiger partial charge in [0.15, 0.2) is 0 Å². The second-order valence-electron chi connectivity index (χ2n) is 3.51. The average Bonchev–Trinajstić information content (AvgIpc) is 2.31. The van der Waals surface area contributed by atoms with E-state index in [1.807, 2.05) is 18.2 Å². The molecule has 1 aromatic rings. The summed E-state index contributed by atoms with van der Waals surface area (Å²) in [6.07, 6.45) is 1.77. The fourth-order valence-electron chi connectivity index (χ4n) is 1.65. The summed E-state index contributed by atoms with van der Waals surface area (Å²) in [5.74, 6) is 0. The number of aromatic nitrogens is 1. The lowest BCUT2D eigenvalue weighted by molar-refractivity contribution is 0.00835. The predicted octanol–water partition coefficient (Wildman–Crippen LogP) is 0.806. The summed E-state index contributed by atoms with van der Waals surface area (Å²) in [5, 5.41) is 8.95. The van der Waals surface area contributed by atoms with Gasteiger partial charge in [-0.1, -0.05) is 6.07 Å². The predicted molar refractivity (Wildman–Crippen MR) is 54.9 cm³/mol. The number of nitriles is 1. The van der Waals surface area contributed by atoms with Crippen LogP contribution in [0.25, 0.3) is 0 Å². The Kier molecular flexibility index (Phi) is 3.28. The molecular weight excluding hydrogens is 190 g/mol. The summed E-state index contributed by atoms with van der Waals surface area (Å²) < 4.78 is 5.26. The van der Waals surface area contributed by atoms with Crippen LogP contribution in [0.3, 0.4) is 0 Å². The molecule has 1 aliphatic rings. The largest absolute Gasteiger partial charge is 0.377 e. The van der Waals surface area contributed by atoms with Crippen molar-refractivity contribution in [3.63, 3.8) is 0 Å². The fraction of sp³-hybridized carbons (Fsp3) is 0.455. The first kappa shape index (κ1) is 10.1. The third kappa shape index (κ3) is 2.52. The van der Waals surface area contributed by atoms with Crippen LogP contribution < -0.4 is 0 Å². The number of nitrogens with zero attached hydrogens (tertiary/aromatic N) is 3. The first-order valence-corrected chi connectivity index (χ1v) is 5.01. The third-order valence-electron chi connectivity index (χ3n) is 2.48. The van der Waals surface area contributed by atoms with Gasteiger partial charge in [0.2, 0.25) is 0 Å². The van der Waals surface area contributed by atoms with Crippen molar-refractivity contribution in [1.82, 2.24) is 9.88 Å². The van der Waals surface area contributed by atoms with E-state index in [4.69, 9.17) is 10.00 Å². The maximum Gasteiger partial charge on any atom is 0.122 e. The summed E-state index contributed by atoms with van der Waals surface area (Å²) in [7, 11) is 0. The maximum absolute atomic E-state index is 8.95. The molecule has 1 aromatic heterocycles. The minimum absolute atomic E-state index is 0.138. The Morgan fingerprint density at radius 1 is 1.60 bits per heavy atom. The van der Waals surface area contributed by atoms with E-state index in [2.05, 4.69) is 16.0 Å². The Balaban J connectivity index is 2.01. The Morgan fingerprint density at radius 2 is 2.53 bits per heavy atom. The zero-order valence-electron chi connectivity index (χ0n) is 8.47. The minimum atomic E-state index is -0.138. The molecule has 0 amide bonds. The summed E-state index contributed by atoms with van der Waals surface area (Å²) in [6.45, 7) is 2.73. The Bertz CT molecular complexity index is 347. The first-order valence-electron chi connectivity index (χ1n) is 5.01. The van der Waals surface area contributed by atoms with Crippen LogP contribution in [0.15, 0.2) is 24.4 Å². The van der Waals surface area contributed by atoms with Gasteiger partial charge in [0.1, 0.15) is 6.04 Å². The summed E-state index contributed by atoms with van der Waals surface area (Å²) in [5.41, 5.74) is 1.000. The lowest BCUT2D eigenvalue weighted by Crippen LogP contribution is -2.44. The highest BCUT2D eigenvalue weighted by molar-refractivity contribution is 5.05. The van der Waals surface area contributed by atoms with Crippen molar-refractivity contribution in [2.24, 2.45) is 0 Å². The highest BCUT2D eigenvalue weighted by atomic mass is 16.5. The van der Waals surface area contributed by atoms with Gasteiger partial charge in [0.05, 0.1) is 25.0 Å². The van der Waals surface area contributed by atoms with E-state index in [0.717, 1.165) is 18.8 Å². The molecule has 78 valence electrons. The third-order valence-corrected chi connectivity index (χ3v) is 2.48. The van der Waals surface area contributed by atoms with Gasteiger partial charge in [-0.25, -0.2) is 0 Å². The van der Waals surface area contributed by atoms with Crippen molar-refractivity contribution in [3.05, 3.63) is 30.1 Å². The fourth-order valence-corrected chi connectivity index (χ4v) is 1.65. The molecule has 2 rings (SSSR count). The van der Waals surface area contributed by atoms with Crippen LogP contribution in [0.5, 0.6) is 0 Å². The molecule has 15 heavy (non-hydrogen) atoms.